The van der Waals surface area contributed by atoms with E-state index in [0.29, 0.717) is 11.1 Å². The van der Waals surface area contributed by atoms with Gasteiger partial charge in [-0.25, -0.2) is 9.59 Å². The van der Waals surface area contributed by atoms with Crippen molar-refractivity contribution in [1.82, 2.24) is 0 Å². The summed E-state index contributed by atoms with van der Waals surface area (Å²) in [6, 6.07) is 8.68. The largest absolute Gasteiger partial charge is 0.478 e. The van der Waals surface area contributed by atoms with Gasteiger partial charge in [-0.1, -0.05) is 12.1 Å². The first-order valence-corrected chi connectivity index (χ1v) is 7.49. The highest BCUT2D eigenvalue weighted by atomic mass is 16.4. The summed E-state index contributed by atoms with van der Waals surface area (Å²) in [5.74, 6) is -3.28. The molecular formula is C18H16N2O6. The molecule has 8 nitrogen and oxygen atoms in total. The van der Waals surface area contributed by atoms with Crippen molar-refractivity contribution in [3.63, 3.8) is 0 Å². The standard InChI is InChI=1S/C18H16N2O6/c1-9(21)19-15-5-3-11(7-13(15)17(23)24)12-4-6-16(20-10(2)22)14(8-12)18(25)26/h3-8H,1-2H3,(H,19,21)(H,20,22)(H,23,24)(H,25,26). The summed E-state index contributed by atoms with van der Waals surface area (Å²) in [4.78, 5) is 45.3. The molecule has 2 aromatic rings. The van der Waals surface area contributed by atoms with Crippen molar-refractivity contribution >= 4 is 35.1 Å². The van der Waals surface area contributed by atoms with Gasteiger partial charge in [0.05, 0.1) is 22.5 Å². The molecule has 0 radical (unpaired) electrons. The minimum Gasteiger partial charge on any atom is -0.478 e. The summed E-state index contributed by atoms with van der Waals surface area (Å²) < 4.78 is 0. The van der Waals surface area contributed by atoms with Crippen molar-refractivity contribution in [1.29, 1.82) is 0 Å². The number of aromatic carboxylic acids is 2. The Morgan fingerprint density at radius 2 is 1.04 bits per heavy atom. The van der Waals surface area contributed by atoms with Crippen molar-refractivity contribution < 1.29 is 29.4 Å². The van der Waals surface area contributed by atoms with Crippen LogP contribution in [-0.2, 0) is 9.59 Å². The number of rotatable bonds is 5. The quantitative estimate of drug-likeness (QED) is 0.651. The Hall–Kier alpha value is -3.68. The van der Waals surface area contributed by atoms with E-state index in [1.807, 2.05) is 0 Å². The number of carbonyl (C=O) groups excluding carboxylic acids is 2. The van der Waals surface area contributed by atoms with Crippen LogP contribution in [0.25, 0.3) is 11.1 Å². The summed E-state index contributed by atoms with van der Waals surface area (Å²) in [6.07, 6.45) is 0. The fourth-order valence-corrected chi connectivity index (χ4v) is 2.40. The van der Waals surface area contributed by atoms with Gasteiger partial charge in [0.2, 0.25) is 11.8 Å². The summed E-state index contributed by atoms with van der Waals surface area (Å²) >= 11 is 0. The van der Waals surface area contributed by atoms with Gasteiger partial charge in [-0.2, -0.15) is 0 Å². The summed E-state index contributed by atoms with van der Waals surface area (Å²) in [5, 5.41) is 23.6. The number of benzene rings is 2. The number of nitrogens with one attached hydrogen (secondary N) is 2. The molecule has 2 amide bonds. The SMILES string of the molecule is CC(=O)Nc1ccc(-c2ccc(NC(C)=O)c(C(=O)O)c2)cc1C(=O)O. The van der Waals surface area contributed by atoms with Gasteiger partial charge in [0.25, 0.3) is 0 Å². The van der Waals surface area contributed by atoms with Crippen molar-refractivity contribution in [2.24, 2.45) is 0 Å². The second-order valence-electron chi connectivity index (χ2n) is 5.49. The molecule has 134 valence electrons. The number of hydrogen-bond donors (Lipinski definition) is 4. The van der Waals surface area contributed by atoms with E-state index in [9.17, 15) is 29.4 Å². The van der Waals surface area contributed by atoms with E-state index in [-0.39, 0.29) is 22.5 Å². The van der Waals surface area contributed by atoms with Crippen LogP contribution in [0.3, 0.4) is 0 Å². The van der Waals surface area contributed by atoms with E-state index in [0.717, 1.165) is 0 Å². The number of amides is 2. The molecule has 0 atom stereocenters. The highest BCUT2D eigenvalue weighted by Gasteiger charge is 2.16. The lowest BCUT2D eigenvalue weighted by atomic mass is 9.99. The number of carboxylic acids is 2. The number of carboxylic acid groups (broad SMARTS) is 2. The minimum absolute atomic E-state index is 0.125. The van der Waals surface area contributed by atoms with Crippen LogP contribution in [-0.4, -0.2) is 34.0 Å². The first kappa shape index (κ1) is 18.7. The van der Waals surface area contributed by atoms with Gasteiger partial charge in [-0.05, 0) is 35.4 Å². The smallest absolute Gasteiger partial charge is 0.337 e. The summed E-state index contributed by atoms with van der Waals surface area (Å²) in [7, 11) is 0. The van der Waals surface area contributed by atoms with Crippen LogP contribution >= 0.6 is 0 Å². The molecule has 2 aromatic carbocycles. The zero-order valence-corrected chi connectivity index (χ0v) is 14.0. The maximum absolute atomic E-state index is 11.4. The molecule has 0 aromatic heterocycles. The molecule has 8 heteroatoms. The Bertz CT molecular complexity index is 844. The number of carbonyl (C=O) groups is 4. The van der Waals surface area contributed by atoms with E-state index in [4.69, 9.17) is 0 Å². The van der Waals surface area contributed by atoms with Crippen LogP contribution in [0.2, 0.25) is 0 Å². The third-order valence-electron chi connectivity index (χ3n) is 3.45. The first-order valence-electron chi connectivity index (χ1n) is 7.49. The molecule has 0 saturated carbocycles. The van der Waals surface area contributed by atoms with Crippen LogP contribution in [0.5, 0.6) is 0 Å². The number of hydrogen-bond acceptors (Lipinski definition) is 4. The minimum atomic E-state index is -1.23. The molecular weight excluding hydrogens is 340 g/mol. The summed E-state index contributed by atoms with van der Waals surface area (Å²) in [5.41, 5.74) is 0.937. The van der Waals surface area contributed by atoms with E-state index >= 15 is 0 Å². The predicted octanol–water partition coefficient (Wildman–Crippen LogP) is 2.67. The van der Waals surface area contributed by atoms with Crippen molar-refractivity contribution in [2.45, 2.75) is 13.8 Å². The Balaban J connectivity index is 2.54. The third kappa shape index (κ3) is 4.23. The first-order chi connectivity index (χ1) is 12.2. The van der Waals surface area contributed by atoms with Crippen molar-refractivity contribution in [2.75, 3.05) is 10.6 Å². The molecule has 4 N–H and O–H groups in total. The Morgan fingerprint density at radius 3 is 1.31 bits per heavy atom. The van der Waals surface area contributed by atoms with E-state index < -0.39 is 23.8 Å². The van der Waals surface area contributed by atoms with Gasteiger partial charge in [-0.3, -0.25) is 9.59 Å². The van der Waals surface area contributed by atoms with Crippen LogP contribution in [0.4, 0.5) is 11.4 Å². The molecule has 0 bridgehead atoms. The molecule has 0 fully saturated rings. The average Bonchev–Trinajstić information content (AvgIpc) is 2.54. The van der Waals surface area contributed by atoms with Gasteiger partial charge in [0.15, 0.2) is 0 Å². The fraction of sp³-hybridized carbons (Fsp3) is 0.111. The molecule has 26 heavy (non-hydrogen) atoms. The molecule has 0 saturated heterocycles. The average molecular weight is 356 g/mol. The molecule has 0 spiro atoms. The molecule has 0 unspecified atom stereocenters. The zero-order valence-electron chi connectivity index (χ0n) is 14.0. The summed E-state index contributed by atoms with van der Waals surface area (Å²) in [6.45, 7) is 2.53. The molecule has 0 aliphatic heterocycles. The molecule has 0 aliphatic carbocycles. The van der Waals surface area contributed by atoms with Crippen LogP contribution in [0.15, 0.2) is 36.4 Å². The zero-order chi connectivity index (χ0) is 19.4. The van der Waals surface area contributed by atoms with Gasteiger partial charge < -0.3 is 20.8 Å². The molecule has 2 rings (SSSR count). The number of anilines is 2. The highest BCUT2D eigenvalue weighted by molar-refractivity contribution is 6.03. The van der Waals surface area contributed by atoms with Crippen LogP contribution in [0, 0.1) is 0 Å². The van der Waals surface area contributed by atoms with Crippen LogP contribution < -0.4 is 10.6 Å². The maximum atomic E-state index is 11.4. The van der Waals surface area contributed by atoms with Gasteiger partial charge >= 0.3 is 11.9 Å². The predicted molar refractivity (Wildman–Crippen MR) is 94.4 cm³/mol. The lowest BCUT2D eigenvalue weighted by Gasteiger charge is -2.12. The van der Waals surface area contributed by atoms with Crippen molar-refractivity contribution in [3.8, 4) is 11.1 Å². The maximum Gasteiger partial charge on any atom is 0.337 e. The Kier molecular flexibility index (Phi) is 5.36. The Labute approximate surface area is 148 Å². The van der Waals surface area contributed by atoms with Gasteiger partial charge in [0, 0.05) is 13.8 Å². The second-order valence-corrected chi connectivity index (χ2v) is 5.49. The van der Waals surface area contributed by atoms with E-state index in [2.05, 4.69) is 10.6 Å². The van der Waals surface area contributed by atoms with E-state index in [1.165, 1.54) is 38.1 Å². The van der Waals surface area contributed by atoms with Crippen LogP contribution in [0.1, 0.15) is 34.6 Å². The highest BCUT2D eigenvalue weighted by Crippen LogP contribution is 2.29. The Morgan fingerprint density at radius 1 is 0.692 bits per heavy atom. The normalized spacial score (nSPS) is 10.1. The fourth-order valence-electron chi connectivity index (χ4n) is 2.40. The lowest BCUT2D eigenvalue weighted by Crippen LogP contribution is -2.11. The van der Waals surface area contributed by atoms with Gasteiger partial charge in [0.1, 0.15) is 0 Å². The monoisotopic (exact) mass is 356 g/mol. The second kappa shape index (κ2) is 7.47. The van der Waals surface area contributed by atoms with Crippen molar-refractivity contribution in [3.05, 3.63) is 47.5 Å². The lowest BCUT2D eigenvalue weighted by molar-refractivity contribution is -0.115. The molecule has 0 heterocycles. The van der Waals surface area contributed by atoms with E-state index in [1.54, 1.807) is 12.1 Å². The van der Waals surface area contributed by atoms with Gasteiger partial charge in [-0.15, -0.1) is 0 Å². The molecule has 0 aliphatic rings. The third-order valence-corrected chi connectivity index (χ3v) is 3.45. The topological polar surface area (TPSA) is 133 Å².